The van der Waals surface area contributed by atoms with E-state index in [-0.39, 0.29) is 19.3 Å². The molecule has 0 aliphatic carbocycles. The van der Waals surface area contributed by atoms with Gasteiger partial charge in [0, 0.05) is 0 Å². The molecule has 0 saturated carbocycles. The molecule has 0 radical (unpaired) electrons. The lowest BCUT2D eigenvalue weighted by atomic mass is 10.1. The van der Waals surface area contributed by atoms with E-state index in [2.05, 4.69) is 5.32 Å². The number of rotatable bonds is 7. The molecule has 0 heterocycles. The Labute approximate surface area is 162 Å². The van der Waals surface area contributed by atoms with Gasteiger partial charge in [-0.2, -0.15) is 0 Å². The van der Waals surface area contributed by atoms with Crippen LogP contribution in [0, 0.1) is 6.92 Å². The number of hydrogen-bond acceptors (Lipinski definition) is 4. The summed E-state index contributed by atoms with van der Waals surface area (Å²) >= 11 is 11.8. The number of ether oxygens (including phenoxy) is 2. The number of carbonyl (C=O) groups is 2. The molecule has 138 valence electrons. The highest BCUT2D eigenvalue weighted by atomic mass is 35.5. The summed E-state index contributed by atoms with van der Waals surface area (Å²) in [5, 5.41) is 3.57. The first-order valence-electron chi connectivity index (χ1n) is 7.94. The van der Waals surface area contributed by atoms with Crippen molar-refractivity contribution in [3.8, 4) is 5.75 Å². The molecule has 26 heavy (non-hydrogen) atoms. The van der Waals surface area contributed by atoms with Crippen molar-refractivity contribution in [3.63, 3.8) is 0 Å². The first-order valence-corrected chi connectivity index (χ1v) is 8.70. The number of hydrogen-bond donors (Lipinski definition) is 1. The van der Waals surface area contributed by atoms with E-state index in [0.29, 0.717) is 15.8 Å². The molecule has 0 saturated heterocycles. The Kier molecular flexibility index (Phi) is 7.30. The van der Waals surface area contributed by atoms with Gasteiger partial charge >= 0.3 is 5.97 Å². The normalized spacial score (nSPS) is 11.5. The van der Waals surface area contributed by atoms with Gasteiger partial charge in [-0.25, -0.2) is 4.79 Å². The van der Waals surface area contributed by atoms with E-state index in [1.54, 1.807) is 37.3 Å². The van der Waals surface area contributed by atoms with Crippen LogP contribution in [0.5, 0.6) is 5.75 Å². The lowest BCUT2D eigenvalue weighted by molar-refractivity contribution is -0.150. The predicted octanol–water partition coefficient (Wildman–Crippen LogP) is 4.10. The van der Waals surface area contributed by atoms with E-state index in [0.717, 1.165) is 11.1 Å². The first kappa shape index (κ1) is 20.1. The minimum Gasteiger partial charge on any atom is -0.482 e. The number of nitrogens with one attached hydrogen (secondary N) is 1. The molecule has 1 unspecified atom stereocenters. The minimum atomic E-state index is -0.621. The zero-order valence-corrected chi connectivity index (χ0v) is 15.9. The topological polar surface area (TPSA) is 64.6 Å². The standard InChI is InChI=1S/C19H19Cl2NO4/c1-12-4-3-5-15(8-12)25-11-19(24)26-10-18(23)22-13(2)14-6-7-16(20)17(21)9-14/h3-9,13H,10-11H2,1-2H3,(H,22,23). The smallest absolute Gasteiger partial charge is 0.344 e. The minimum absolute atomic E-state index is 0.265. The van der Waals surface area contributed by atoms with Gasteiger partial charge < -0.3 is 14.8 Å². The van der Waals surface area contributed by atoms with Crippen LogP contribution in [0.15, 0.2) is 42.5 Å². The van der Waals surface area contributed by atoms with Crippen molar-refractivity contribution in [2.45, 2.75) is 19.9 Å². The van der Waals surface area contributed by atoms with Gasteiger partial charge in [-0.05, 0) is 49.2 Å². The summed E-state index contributed by atoms with van der Waals surface area (Å²) in [6.07, 6.45) is 0. The van der Waals surface area contributed by atoms with Gasteiger partial charge in [0.2, 0.25) is 0 Å². The third-order valence-corrected chi connectivity index (χ3v) is 4.27. The van der Waals surface area contributed by atoms with Crippen LogP contribution in [0.3, 0.4) is 0 Å². The van der Waals surface area contributed by atoms with E-state index in [1.807, 2.05) is 19.1 Å². The van der Waals surface area contributed by atoms with Crippen molar-refractivity contribution in [2.24, 2.45) is 0 Å². The second-order valence-corrected chi connectivity index (χ2v) is 6.54. The van der Waals surface area contributed by atoms with Crippen LogP contribution < -0.4 is 10.1 Å². The van der Waals surface area contributed by atoms with Crippen molar-refractivity contribution in [2.75, 3.05) is 13.2 Å². The Morgan fingerprint density at radius 3 is 2.54 bits per heavy atom. The van der Waals surface area contributed by atoms with Gasteiger partial charge in [-0.15, -0.1) is 0 Å². The zero-order chi connectivity index (χ0) is 19.1. The van der Waals surface area contributed by atoms with Crippen molar-refractivity contribution >= 4 is 35.1 Å². The maximum Gasteiger partial charge on any atom is 0.344 e. The molecule has 1 amide bonds. The fraction of sp³-hybridized carbons (Fsp3) is 0.263. The van der Waals surface area contributed by atoms with Gasteiger partial charge in [0.25, 0.3) is 5.91 Å². The van der Waals surface area contributed by atoms with Crippen molar-refractivity contribution in [1.82, 2.24) is 5.32 Å². The third kappa shape index (κ3) is 6.24. The number of aryl methyl sites for hydroxylation is 1. The molecule has 0 bridgehead atoms. The van der Waals surface area contributed by atoms with Crippen LogP contribution in [-0.2, 0) is 14.3 Å². The van der Waals surface area contributed by atoms with Gasteiger partial charge in [0.05, 0.1) is 16.1 Å². The Morgan fingerprint density at radius 2 is 1.85 bits per heavy atom. The maximum absolute atomic E-state index is 11.9. The molecule has 0 aliphatic heterocycles. The van der Waals surface area contributed by atoms with Crippen LogP contribution in [-0.4, -0.2) is 25.1 Å². The van der Waals surface area contributed by atoms with E-state index >= 15 is 0 Å². The molecule has 0 spiro atoms. The van der Waals surface area contributed by atoms with Crippen LogP contribution in [0.2, 0.25) is 10.0 Å². The maximum atomic E-state index is 11.9. The summed E-state index contributed by atoms with van der Waals surface area (Å²) in [7, 11) is 0. The SMILES string of the molecule is Cc1cccc(OCC(=O)OCC(=O)NC(C)c2ccc(Cl)c(Cl)c2)c1. The average molecular weight is 396 g/mol. The largest absolute Gasteiger partial charge is 0.482 e. The number of carbonyl (C=O) groups excluding carboxylic acids is 2. The summed E-state index contributed by atoms with van der Waals surface area (Å²) in [5.74, 6) is -0.476. The molecule has 1 atom stereocenters. The quantitative estimate of drug-likeness (QED) is 0.716. The van der Waals surface area contributed by atoms with Gasteiger partial charge in [-0.1, -0.05) is 41.4 Å². The molecular formula is C19H19Cl2NO4. The van der Waals surface area contributed by atoms with Gasteiger partial charge in [0.1, 0.15) is 5.75 Å². The van der Waals surface area contributed by atoms with Crippen molar-refractivity contribution < 1.29 is 19.1 Å². The molecular weight excluding hydrogens is 377 g/mol. The summed E-state index contributed by atoms with van der Waals surface area (Å²) in [4.78, 5) is 23.6. The van der Waals surface area contributed by atoms with Crippen molar-refractivity contribution in [3.05, 3.63) is 63.6 Å². The summed E-state index contributed by atoms with van der Waals surface area (Å²) in [5.41, 5.74) is 1.81. The highest BCUT2D eigenvalue weighted by molar-refractivity contribution is 6.42. The van der Waals surface area contributed by atoms with Crippen LogP contribution in [0.4, 0.5) is 0 Å². The molecule has 2 aromatic carbocycles. The van der Waals surface area contributed by atoms with Crippen LogP contribution in [0.1, 0.15) is 24.1 Å². The van der Waals surface area contributed by atoms with Crippen molar-refractivity contribution in [1.29, 1.82) is 0 Å². The van der Waals surface area contributed by atoms with E-state index in [4.69, 9.17) is 32.7 Å². The fourth-order valence-electron chi connectivity index (χ4n) is 2.18. The third-order valence-electron chi connectivity index (χ3n) is 3.53. The number of esters is 1. The average Bonchev–Trinajstić information content (AvgIpc) is 2.60. The highest BCUT2D eigenvalue weighted by Crippen LogP contribution is 2.25. The zero-order valence-electron chi connectivity index (χ0n) is 14.4. The Balaban J connectivity index is 1.75. The number of halogens is 2. The van der Waals surface area contributed by atoms with Gasteiger partial charge in [0.15, 0.2) is 13.2 Å². The molecule has 1 N–H and O–H groups in total. The van der Waals surface area contributed by atoms with Crippen LogP contribution in [0.25, 0.3) is 0 Å². The molecule has 0 aliphatic rings. The molecule has 0 fully saturated rings. The fourth-order valence-corrected chi connectivity index (χ4v) is 2.49. The monoisotopic (exact) mass is 395 g/mol. The lowest BCUT2D eigenvalue weighted by Crippen LogP contribution is -2.32. The molecule has 0 aromatic heterocycles. The molecule has 2 rings (SSSR count). The van der Waals surface area contributed by atoms with E-state index < -0.39 is 11.9 Å². The summed E-state index contributed by atoms with van der Waals surface area (Å²) in [6, 6.07) is 12.1. The summed E-state index contributed by atoms with van der Waals surface area (Å²) < 4.78 is 10.2. The van der Waals surface area contributed by atoms with E-state index in [9.17, 15) is 9.59 Å². The summed E-state index contributed by atoms with van der Waals surface area (Å²) in [6.45, 7) is 3.06. The predicted molar refractivity (Wildman–Crippen MR) is 101 cm³/mol. The van der Waals surface area contributed by atoms with Crippen LogP contribution >= 0.6 is 23.2 Å². The van der Waals surface area contributed by atoms with Gasteiger partial charge in [-0.3, -0.25) is 4.79 Å². The lowest BCUT2D eigenvalue weighted by Gasteiger charge is -2.15. The first-order chi connectivity index (χ1) is 12.3. The number of benzene rings is 2. The molecule has 5 nitrogen and oxygen atoms in total. The van der Waals surface area contributed by atoms with E-state index in [1.165, 1.54) is 0 Å². The Morgan fingerprint density at radius 1 is 1.08 bits per heavy atom. The second kappa shape index (κ2) is 9.46. The Bertz CT molecular complexity index is 795. The highest BCUT2D eigenvalue weighted by Gasteiger charge is 2.13. The Hall–Kier alpha value is -2.24. The number of amides is 1. The molecule has 2 aromatic rings. The molecule has 7 heteroatoms. The second-order valence-electron chi connectivity index (χ2n) is 5.73.